The zero-order valence-electron chi connectivity index (χ0n) is 22.8. The number of anilines is 1. The highest BCUT2D eigenvalue weighted by atomic mass is 32.2. The van der Waals surface area contributed by atoms with Gasteiger partial charge in [-0.3, -0.25) is 4.55 Å². The normalized spacial score (nSPS) is 18.6. The highest BCUT2D eigenvalue weighted by Crippen LogP contribution is 2.47. The number of para-hydroxylation sites is 1. The molecular formula is C29H33N2O6S2+. The number of benzene rings is 2. The molecule has 2 heterocycles. The third-order valence-corrected chi connectivity index (χ3v) is 8.05. The van der Waals surface area contributed by atoms with Crippen LogP contribution in [0, 0.1) is 0 Å². The van der Waals surface area contributed by atoms with Crippen LogP contribution in [0.5, 0.6) is 0 Å². The molecule has 8 nitrogen and oxygen atoms in total. The fourth-order valence-corrected chi connectivity index (χ4v) is 5.77. The van der Waals surface area contributed by atoms with Crippen LogP contribution in [0.1, 0.15) is 38.8 Å². The van der Waals surface area contributed by atoms with Crippen molar-refractivity contribution in [2.45, 2.75) is 43.4 Å². The summed E-state index contributed by atoms with van der Waals surface area (Å²) in [6.07, 6.45) is 14.3. The summed E-state index contributed by atoms with van der Waals surface area (Å²) in [6, 6.07) is 13.3. The third-order valence-electron chi connectivity index (χ3n) is 7.20. The van der Waals surface area contributed by atoms with Crippen molar-refractivity contribution in [1.29, 1.82) is 0 Å². The van der Waals surface area contributed by atoms with Gasteiger partial charge in [0.05, 0.1) is 10.3 Å². The molecule has 39 heavy (non-hydrogen) atoms. The summed E-state index contributed by atoms with van der Waals surface area (Å²) in [6.45, 7) is 8.61. The Morgan fingerprint density at radius 1 is 0.872 bits per heavy atom. The maximum atomic E-state index is 11.6. The molecule has 0 amide bonds. The van der Waals surface area contributed by atoms with E-state index in [2.05, 4.69) is 80.6 Å². The van der Waals surface area contributed by atoms with Crippen LogP contribution in [0.15, 0.2) is 95.6 Å². The first-order chi connectivity index (χ1) is 18.1. The predicted molar refractivity (Wildman–Crippen MR) is 153 cm³/mol. The Hall–Kier alpha value is -3.60. The van der Waals surface area contributed by atoms with Crippen molar-refractivity contribution in [3.63, 3.8) is 0 Å². The van der Waals surface area contributed by atoms with Crippen LogP contribution in [0.4, 0.5) is 11.4 Å². The van der Waals surface area contributed by atoms with Crippen molar-refractivity contribution < 1.29 is 30.2 Å². The van der Waals surface area contributed by atoms with E-state index in [0.717, 1.165) is 16.9 Å². The van der Waals surface area contributed by atoms with E-state index in [9.17, 15) is 13.0 Å². The number of hydrogen-bond acceptors (Lipinski definition) is 6. The molecule has 4 rings (SSSR count). The summed E-state index contributed by atoms with van der Waals surface area (Å²) in [5.41, 5.74) is 6.25. The third kappa shape index (κ3) is 6.19. The summed E-state index contributed by atoms with van der Waals surface area (Å²) in [5.74, 6) is 0. The van der Waals surface area contributed by atoms with E-state index in [-0.39, 0.29) is 10.3 Å². The molecule has 0 aromatic heterocycles. The highest BCUT2D eigenvalue weighted by molar-refractivity contribution is 7.85. The van der Waals surface area contributed by atoms with Crippen LogP contribution in [0.2, 0.25) is 0 Å². The Kier molecular flexibility index (Phi) is 8.64. The van der Waals surface area contributed by atoms with Gasteiger partial charge in [0.2, 0.25) is 5.69 Å². The first-order valence-corrected chi connectivity index (χ1v) is 14.6. The predicted octanol–water partition coefficient (Wildman–Crippen LogP) is 4.92. The number of hydrogen-bond donors (Lipinski definition) is 1. The Morgan fingerprint density at radius 2 is 1.46 bits per heavy atom. The van der Waals surface area contributed by atoms with Crippen molar-refractivity contribution in [3.8, 4) is 0 Å². The van der Waals surface area contributed by atoms with Crippen molar-refractivity contribution in [3.05, 3.63) is 102 Å². The lowest BCUT2D eigenvalue weighted by atomic mass is 9.81. The topological polar surface area (TPSA) is 112 Å². The molecule has 0 spiro atoms. The molecule has 0 unspecified atom stereocenters. The molecule has 0 saturated carbocycles. The zero-order valence-corrected chi connectivity index (χ0v) is 24.4. The minimum Gasteiger partial charge on any atom is -0.347 e. The number of fused-ring (bicyclic) bond motifs is 2. The molecule has 2 aliphatic heterocycles. The molecule has 0 bridgehead atoms. The molecule has 1 N–H and O–H groups in total. The molecule has 0 atom stereocenters. The van der Waals surface area contributed by atoms with Crippen LogP contribution in [-0.2, 0) is 31.6 Å². The summed E-state index contributed by atoms with van der Waals surface area (Å²) in [5, 5.41) is 0. The maximum Gasteiger partial charge on any atom is 0.425 e. The Morgan fingerprint density at radius 3 is 2.08 bits per heavy atom. The van der Waals surface area contributed by atoms with E-state index in [1.165, 1.54) is 23.0 Å². The van der Waals surface area contributed by atoms with Crippen molar-refractivity contribution in [1.82, 2.24) is 0 Å². The smallest absolute Gasteiger partial charge is 0.347 e. The van der Waals surface area contributed by atoms with Crippen LogP contribution in [0.3, 0.4) is 0 Å². The van der Waals surface area contributed by atoms with E-state index in [4.69, 9.17) is 12.6 Å². The van der Waals surface area contributed by atoms with Gasteiger partial charge in [-0.15, -0.1) is 12.6 Å². The minimum atomic E-state index is -4.24. The van der Waals surface area contributed by atoms with Gasteiger partial charge in [-0.25, -0.2) is 0 Å². The zero-order chi connectivity index (χ0) is 29.2. The lowest BCUT2D eigenvalue weighted by molar-refractivity contribution is -0.401. The Labute approximate surface area is 231 Å². The standard InChI is InChI=1S/C29H32N2O3S.O3S/c1-28(2)22-14-12-13-15-24(22)30(5)26(28)16-10-8-7-9-11-17-27-29(3,4)23-20-21(35(32,33)34)18-19-25(23)31(27)6;1-4(2)3/h7-20H,1-6H3;/p+1. The van der Waals surface area contributed by atoms with E-state index < -0.39 is 26.1 Å². The fourth-order valence-electron chi connectivity index (χ4n) is 5.26. The van der Waals surface area contributed by atoms with Crippen molar-refractivity contribution >= 4 is 37.8 Å². The lowest BCUT2D eigenvalue weighted by Crippen LogP contribution is -2.26. The number of likely N-dealkylation sites (N-methyl/N-ethyl adjacent to an activating group) is 1. The summed E-state index contributed by atoms with van der Waals surface area (Å²) >= 11 is 0. The SMILES string of the molecule is CN1C(=CC=CC=CC=CC2=[N+](C)c3ccccc3C2(C)C)C(C)(C)c2cc(S(=O)(=O)O)ccc21.O=S(=O)=O. The van der Waals surface area contributed by atoms with Crippen LogP contribution < -0.4 is 4.90 Å². The Bertz CT molecular complexity index is 1650. The maximum absolute atomic E-state index is 11.6. The van der Waals surface area contributed by atoms with Crippen LogP contribution in [-0.4, -0.2) is 50.0 Å². The second kappa shape index (κ2) is 11.3. The van der Waals surface area contributed by atoms with Crippen LogP contribution in [0.25, 0.3) is 0 Å². The number of rotatable bonds is 5. The van der Waals surface area contributed by atoms with Gasteiger partial charge in [-0.2, -0.15) is 13.0 Å². The second-order valence-electron chi connectivity index (χ2n) is 10.3. The highest BCUT2D eigenvalue weighted by Gasteiger charge is 2.42. The minimum absolute atomic E-state index is 0.0428. The molecular weight excluding hydrogens is 536 g/mol. The molecule has 2 aliphatic rings. The molecule has 2 aromatic rings. The van der Waals surface area contributed by atoms with Gasteiger partial charge < -0.3 is 4.90 Å². The van der Waals surface area contributed by atoms with Gasteiger partial charge in [0.25, 0.3) is 10.1 Å². The van der Waals surface area contributed by atoms with Gasteiger partial charge in [0.15, 0.2) is 5.71 Å². The summed E-state index contributed by atoms with van der Waals surface area (Å²) in [4.78, 5) is 1.98. The van der Waals surface area contributed by atoms with Gasteiger partial charge >= 0.3 is 10.6 Å². The summed E-state index contributed by atoms with van der Waals surface area (Å²) < 4.78 is 60.2. The molecule has 0 saturated heterocycles. The second-order valence-corrected chi connectivity index (χ2v) is 12.1. The molecule has 2 aromatic carbocycles. The monoisotopic (exact) mass is 569 g/mol. The molecule has 0 fully saturated rings. The van der Waals surface area contributed by atoms with Crippen molar-refractivity contribution in [2.24, 2.45) is 0 Å². The quantitative estimate of drug-likeness (QED) is 0.309. The Balaban J connectivity index is 0.000000983. The molecule has 0 aliphatic carbocycles. The molecule has 0 radical (unpaired) electrons. The van der Waals surface area contributed by atoms with Gasteiger partial charge in [-0.05, 0) is 43.7 Å². The van der Waals surface area contributed by atoms with E-state index in [1.807, 2.05) is 37.4 Å². The average Bonchev–Trinajstić information content (AvgIpc) is 3.16. The lowest BCUT2D eigenvalue weighted by Gasteiger charge is -2.23. The van der Waals surface area contributed by atoms with Gasteiger partial charge in [0, 0.05) is 41.6 Å². The largest absolute Gasteiger partial charge is 0.425 e. The van der Waals surface area contributed by atoms with E-state index >= 15 is 0 Å². The van der Waals surface area contributed by atoms with Crippen molar-refractivity contribution in [2.75, 3.05) is 19.0 Å². The van der Waals surface area contributed by atoms with Gasteiger partial charge in [0.1, 0.15) is 7.05 Å². The first kappa shape index (κ1) is 29.9. The number of nitrogens with zero attached hydrogens (tertiary/aromatic N) is 2. The molecule has 10 heteroatoms. The van der Waals surface area contributed by atoms with E-state index in [0.29, 0.717) is 0 Å². The summed E-state index contributed by atoms with van der Waals surface area (Å²) in [7, 11) is -3.28. The van der Waals surface area contributed by atoms with E-state index in [1.54, 1.807) is 12.1 Å². The van der Waals surface area contributed by atoms with Gasteiger partial charge in [-0.1, -0.05) is 62.4 Å². The fraction of sp³-hybridized carbons (Fsp3) is 0.276. The average molecular weight is 570 g/mol. The molecule has 206 valence electrons. The first-order valence-electron chi connectivity index (χ1n) is 12.2. The number of allylic oxidation sites excluding steroid dienone is 8. The van der Waals surface area contributed by atoms with Crippen LogP contribution >= 0.6 is 0 Å².